The number of carbonyl (C=O) groups excluding carboxylic acids is 1. The summed E-state index contributed by atoms with van der Waals surface area (Å²) in [5.74, 6) is 1.94. The van der Waals surface area contributed by atoms with Crippen LogP contribution < -0.4 is 14.8 Å². The molecule has 2 aliphatic rings. The highest BCUT2D eigenvalue weighted by Crippen LogP contribution is 2.28. The molecule has 1 N–H and O–H groups in total. The second-order valence-corrected chi connectivity index (χ2v) is 5.77. The van der Waals surface area contributed by atoms with Gasteiger partial charge in [-0.3, -0.25) is 4.79 Å². The van der Waals surface area contributed by atoms with E-state index in [1.54, 1.807) is 32.4 Å². The molecule has 0 aliphatic carbocycles. The van der Waals surface area contributed by atoms with Crippen molar-refractivity contribution in [3.8, 4) is 11.5 Å². The van der Waals surface area contributed by atoms with Crippen LogP contribution in [0.15, 0.2) is 18.2 Å². The summed E-state index contributed by atoms with van der Waals surface area (Å²) in [6.07, 6.45) is 2.42. The highest BCUT2D eigenvalue weighted by atomic mass is 16.5. The molecule has 21 heavy (non-hydrogen) atoms. The molecule has 1 aromatic carbocycles. The van der Waals surface area contributed by atoms with Crippen molar-refractivity contribution in [2.45, 2.75) is 18.9 Å². The van der Waals surface area contributed by atoms with Gasteiger partial charge in [-0.05, 0) is 37.4 Å². The molecule has 2 unspecified atom stereocenters. The lowest BCUT2D eigenvalue weighted by atomic mass is 9.94. The molecule has 0 aromatic heterocycles. The number of likely N-dealkylation sites (tertiary alicyclic amines) is 1. The quantitative estimate of drug-likeness (QED) is 0.917. The Balaban J connectivity index is 1.79. The number of piperidine rings is 1. The summed E-state index contributed by atoms with van der Waals surface area (Å²) in [5.41, 5.74) is 0.629. The van der Waals surface area contributed by atoms with Gasteiger partial charge in [-0.1, -0.05) is 0 Å². The van der Waals surface area contributed by atoms with E-state index in [-0.39, 0.29) is 5.91 Å². The Bertz CT molecular complexity index is 496. The fourth-order valence-corrected chi connectivity index (χ4v) is 3.33. The number of amides is 1. The molecule has 2 fully saturated rings. The number of hydrogen-bond acceptors (Lipinski definition) is 4. The zero-order valence-electron chi connectivity index (χ0n) is 12.6. The summed E-state index contributed by atoms with van der Waals surface area (Å²) in [4.78, 5) is 14.7. The number of hydrogen-bond donors (Lipinski definition) is 1. The molecule has 0 spiro atoms. The third-order valence-corrected chi connectivity index (χ3v) is 4.48. The van der Waals surface area contributed by atoms with Crippen LogP contribution in [0.1, 0.15) is 23.2 Å². The number of nitrogens with zero attached hydrogens (tertiary/aromatic N) is 1. The highest BCUT2D eigenvalue weighted by Gasteiger charge is 2.36. The number of carbonyl (C=O) groups is 1. The molecule has 2 atom stereocenters. The summed E-state index contributed by atoms with van der Waals surface area (Å²) in [6, 6.07) is 5.79. The van der Waals surface area contributed by atoms with E-state index in [0.717, 1.165) is 19.6 Å². The summed E-state index contributed by atoms with van der Waals surface area (Å²) >= 11 is 0. The summed E-state index contributed by atoms with van der Waals surface area (Å²) < 4.78 is 10.5. The minimum absolute atomic E-state index is 0.0587. The first-order chi connectivity index (χ1) is 10.2. The maximum Gasteiger partial charge on any atom is 0.254 e. The standard InChI is InChI=1S/C16H22N2O3/c1-20-13-6-12(7-14(8-13)21-2)16(19)18-9-11-4-3-5-17-15(11)10-18/h6-8,11,15,17H,3-5,9-10H2,1-2H3. The van der Waals surface area contributed by atoms with Gasteiger partial charge in [-0.25, -0.2) is 0 Å². The first kappa shape index (κ1) is 14.2. The van der Waals surface area contributed by atoms with Crippen LogP contribution in [-0.4, -0.2) is 50.7 Å². The van der Waals surface area contributed by atoms with E-state index in [1.165, 1.54) is 12.8 Å². The first-order valence-electron chi connectivity index (χ1n) is 7.47. The molecule has 0 bridgehead atoms. The van der Waals surface area contributed by atoms with E-state index in [0.29, 0.717) is 29.0 Å². The Morgan fingerprint density at radius 2 is 1.90 bits per heavy atom. The van der Waals surface area contributed by atoms with E-state index in [2.05, 4.69) is 5.32 Å². The maximum absolute atomic E-state index is 12.7. The van der Waals surface area contributed by atoms with Gasteiger partial charge in [0.2, 0.25) is 0 Å². The molecule has 2 saturated heterocycles. The van der Waals surface area contributed by atoms with E-state index < -0.39 is 0 Å². The molecular formula is C16H22N2O3. The predicted molar refractivity (Wildman–Crippen MR) is 80.0 cm³/mol. The first-order valence-corrected chi connectivity index (χ1v) is 7.47. The molecule has 3 rings (SSSR count). The topological polar surface area (TPSA) is 50.8 Å². The molecule has 5 nitrogen and oxygen atoms in total. The molecule has 2 aliphatic heterocycles. The van der Waals surface area contributed by atoms with Gasteiger partial charge in [0, 0.05) is 30.8 Å². The van der Waals surface area contributed by atoms with E-state index in [4.69, 9.17) is 9.47 Å². The van der Waals surface area contributed by atoms with Crippen molar-refractivity contribution >= 4 is 5.91 Å². The van der Waals surface area contributed by atoms with E-state index >= 15 is 0 Å². The highest BCUT2D eigenvalue weighted by molar-refractivity contribution is 5.95. The van der Waals surface area contributed by atoms with Crippen LogP contribution in [-0.2, 0) is 0 Å². The van der Waals surface area contributed by atoms with Gasteiger partial charge in [-0.15, -0.1) is 0 Å². The van der Waals surface area contributed by atoms with Gasteiger partial charge in [-0.2, -0.15) is 0 Å². The Hall–Kier alpha value is -1.75. The van der Waals surface area contributed by atoms with Gasteiger partial charge in [0.25, 0.3) is 5.91 Å². The van der Waals surface area contributed by atoms with Gasteiger partial charge >= 0.3 is 0 Å². The normalized spacial score (nSPS) is 24.6. The number of methoxy groups -OCH3 is 2. The second-order valence-electron chi connectivity index (χ2n) is 5.77. The van der Waals surface area contributed by atoms with Crippen molar-refractivity contribution in [3.05, 3.63) is 23.8 Å². The lowest BCUT2D eigenvalue weighted by Gasteiger charge is -2.24. The largest absolute Gasteiger partial charge is 0.497 e. The maximum atomic E-state index is 12.7. The van der Waals surface area contributed by atoms with Crippen LogP contribution in [0.2, 0.25) is 0 Å². The summed E-state index contributed by atoms with van der Waals surface area (Å²) in [7, 11) is 3.19. The minimum atomic E-state index is 0.0587. The molecule has 2 heterocycles. The molecular weight excluding hydrogens is 268 g/mol. The third-order valence-electron chi connectivity index (χ3n) is 4.48. The number of benzene rings is 1. The number of nitrogens with one attached hydrogen (secondary N) is 1. The van der Waals surface area contributed by atoms with Crippen molar-refractivity contribution in [1.29, 1.82) is 0 Å². The zero-order valence-corrected chi connectivity index (χ0v) is 12.6. The Morgan fingerprint density at radius 1 is 1.19 bits per heavy atom. The van der Waals surface area contributed by atoms with Crippen molar-refractivity contribution in [3.63, 3.8) is 0 Å². The predicted octanol–water partition coefficient (Wildman–Crippen LogP) is 1.53. The smallest absolute Gasteiger partial charge is 0.254 e. The monoisotopic (exact) mass is 290 g/mol. The molecule has 1 aromatic rings. The van der Waals surface area contributed by atoms with Crippen molar-refractivity contribution in [2.75, 3.05) is 33.9 Å². The van der Waals surface area contributed by atoms with Gasteiger partial charge < -0.3 is 19.7 Å². The molecule has 114 valence electrons. The van der Waals surface area contributed by atoms with Gasteiger partial charge in [0.05, 0.1) is 14.2 Å². The van der Waals surface area contributed by atoms with Gasteiger partial charge in [0.1, 0.15) is 11.5 Å². The fraction of sp³-hybridized carbons (Fsp3) is 0.562. The van der Waals surface area contributed by atoms with Crippen LogP contribution in [0.25, 0.3) is 0 Å². The minimum Gasteiger partial charge on any atom is -0.497 e. The number of ether oxygens (including phenoxy) is 2. The molecule has 0 radical (unpaired) electrons. The van der Waals surface area contributed by atoms with Crippen molar-refractivity contribution in [1.82, 2.24) is 10.2 Å². The van der Waals surface area contributed by atoms with Crippen LogP contribution in [0.5, 0.6) is 11.5 Å². The van der Waals surface area contributed by atoms with Crippen LogP contribution >= 0.6 is 0 Å². The van der Waals surface area contributed by atoms with Crippen LogP contribution in [0.4, 0.5) is 0 Å². The number of rotatable bonds is 3. The molecule has 0 saturated carbocycles. The fourth-order valence-electron chi connectivity index (χ4n) is 3.33. The average molecular weight is 290 g/mol. The lowest BCUT2D eigenvalue weighted by molar-refractivity contribution is 0.0785. The summed E-state index contributed by atoms with van der Waals surface area (Å²) in [6.45, 7) is 2.70. The molecule has 5 heteroatoms. The van der Waals surface area contributed by atoms with E-state index in [9.17, 15) is 4.79 Å². The SMILES string of the molecule is COc1cc(OC)cc(C(=O)N2CC3CCCNC3C2)c1. The zero-order chi connectivity index (χ0) is 14.8. The molecule has 1 amide bonds. The van der Waals surface area contributed by atoms with Crippen molar-refractivity contribution < 1.29 is 14.3 Å². The van der Waals surface area contributed by atoms with E-state index in [1.807, 2.05) is 4.90 Å². The Kier molecular flexibility index (Phi) is 4.01. The lowest BCUT2D eigenvalue weighted by Crippen LogP contribution is -2.41. The second kappa shape index (κ2) is 5.93. The Morgan fingerprint density at radius 3 is 2.52 bits per heavy atom. The van der Waals surface area contributed by atoms with Gasteiger partial charge in [0.15, 0.2) is 0 Å². The number of fused-ring (bicyclic) bond motifs is 1. The average Bonchev–Trinajstić information content (AvgIpc) is 2.97. The van der Waals surface area contributed by atoms with Crippen LogP contribution in [0.3, 0.4) is 0 Å². The Labute approximate surface area is 125 Å². The third kappa shape index (κ3) is 2.83. The van der Waals surface area contributed by atoms with Crippen molar-refractivity contribution in [2.24, 2.45) is 5.92 Å². The van der Waals surface area contributed by atoms with Crippen LogP contribution in [0, 0.1) is 5.92 Å². The summed E-state index contributed by atoms with van der Waals surface area (Å²) in [5, 5.41) is 3.52.